The lowest BCUT2D eigenvalue weighted by molar-refractivity contribution is -0.132. The first-order valence-electron chi connectivity index (χ1n) is 5.25. The summed E-state index contributed by atoms with van der Waals surface area (Å²) in [5, 5.41) is 15.2. The number of aliphatic carboxylic acids is 2. The van der Waals surface area contributed by atoms with Gasteiger partial charge in [-0.3, -0.25) is 0 Å². The lowest BCUT2D eigenvalue weighted by Crippen LogP contribution is -1.85. The zero-order chi connectivity index (χ0) is 12.8. The van der Waals surface area contributed by atoms with Crippen LogP contribution in [-0.4, -0.2) is 22.2 Å². The molecule has 4 heteroatoms. The Bertz CT molecular complexity index is 188. The van der Waals surface area contributed by atoms with Gasteiger partial charge in [-0.15, -0.1) is 0 Å². The Labute approximate surface area is 96.3 Å². The van der Waals surface area contributed by atoms with Gasteiger partial charge in [0.05, 0.1) is 0 Å². The fourth-order valence-electron chi connectivity index (χ4n) is 1.06. The number of carbonyl (C=O) groups is 2. The molecule has 0 atom stereocenters. The average Bonchev–Trinajstić information content (AvgIpc) is 2.32. The molecule has 0 radical (unpaired) electrons. The molecule has 1 fully saturated rings. The molecule has 0 aromatic rings. The van der Waals surface area contributed by atoms with Gasteiger partial charge < -0.3 is 10.2 Å². The summed E-state index contributed by atoms with van der Waals surface area (Å²) in [7, 11) is 0. The molecule has 0 unspecified atom stereocenters. The van der Waals surface area contributed by atoms with Crippen LogP contribution in [0.25, 0.3) is 0 Å². The molecule has 92 valence electrons. The maximum atomic E-state index is 9.25. The van der Waals surface area contributed by atoms with E-state index < -0.39 is 11.9 Å². The van der Waals surface area contributed by atoms with Gasteiger partial charge in [0.25, 0.3) is 0 Å². The molecule has 0 aliphatic heterocycles. The molecule has 1 rings (SSSR count). The Morgan fingerprint density at radius 2 is 0.875 bits per heavy atom. The van der Waals surface area contributed by atoms with Crippen molar-refractivity contribution >= 4 is 11.9 Å². The highest BCUT2D eigenvalue weighted by molar-refractivity contribution is 5.79. The summed E-state index contributed by atoms with van der Waals surface area (Å²) in [5.41, 5.74) is 0. The Morgan fingerprint density at radius 1 is 0.750 bits per heavy atom. The minimum absolute atomic E-state index is 0.833. The minimum atomic E-state index is -0.981. The van der Waals surface area contributed by atoms with Crippen molar-refractivity contribution in [3.63, 3.8) is 0 Å². The van der Waals surface area contributed by atoms with Gasteiger partial charge in [0.2, 0.25) is 0 Å². The number of carboxylic acids is 2. The van der Waals surface area contributed by atoms with E-state index in [0.29, 0.717) is 0 Å². The molecular weight excluding hydrogens is 208 g/mol. The van der Waals surface area contributed by atoms with Crippen LogP contribution in [-0.2, 0) is 9.59 Å². The lowest BCUT2D eigenvalue weighted by Gasteiger charge is -2.05. The predicted octanol–water partition coefficient (Wildman–Crippen LogP) is 2.85. The summed E-state index contributed by atoms with van der Waals surface area (Å²) in [6.07, 6.45) is 10.7. The fraction of sp³-hybridized carbons (Fsp3) is 0.500. The zero-order valence-electron chi connectivity index (χ0n) is 9.52. The first kappa shape index (κ1) is 16.8. The Morgan fingerprint density at radius 3 is 0.938 bits per heavy atom. The van der Waals surface area contributed by atoms with Gasteiger partial charge in [-0.1, -0.05) is 51.7 Å². The molecule has 0 heterocycles. The average molecular weight is 228 g/mol. The van der Waals surface area contributed by atoms with Crippen LogP contribution in [0.2, 0.25) is 0 Å². The molecule has 0 aromatic heterocycles. The van der Waals surface area contributed by atoms with Crippen molar-refractivity contribution < 1.29 is 19.8 Å². The third-order valence-electron chi connectivity index (χ3n) is 1.85. The maximum Gasteiger partial charge on any atom is 0.327 e. The highest BCUT2D eigenvalue weighted by Gasteiger charge is 1.95. The minimum Gasteiger partial charge on any atom is -0.478 e. The van der Waals surface area contributed by atoms with Crippen LogP contribution < -0.4 is 0 Å². The van der Waals surface area contributed by atoms with E-state index in [1.54, 1.807) is 0 Å². The lowest BCUT2D eigenvalue weighted by atomic mass is 10.0. The summed E-state index contributed by atoms with van der Waals surface area (Å²) >= 11 is 0. The molecule has 0 spiro atoms. The molecule has 0 amide bonds. The van der Waals surface area contributed by atoms with E-state index in [2.05, 4.69) is 13.2 Å². The van der Waals surface area contributed by atoms with Crippen molar-refractivity contribution in [3.05, 3.63) is 25.3 Å². The molecule has 1 aliphatic rings. The fourth-order valence-corrected chi connectivity index (χ4v) is 1.06. The van der Waals surface area contributed by atoms with E-state index >= 15 is 0 Å². The second-order valence-corrected chi connectivity index (χ2v) is 3.21. The number of rotatable bonds is 2. The van der Waals surface area contributed by atoms with E-state index in [4.69, 9.17) is 10.2 Å². The van der Waals surface area contributed by atoms with Crippen molar-refractivity contribution in [2.24, 2.45) is 0 Å². The second-order valence-electron chi connectivity index (χ2n) is 3.21. The normalized spacial score (nSPS) is 13.0. The highest BCUT2D eigenvalue weighted by Crippen LogP contribution is 2.15. The van der Waals surface area contributed by atoms with Gasteiger partial charge in [-0.05, 0) is 0 Å². The zero-order valence-corrected chi connectivity index (χ0v) is 9.52. The van der Waals surface area contributed by atoms with Crippen LogP contribution >= 0.6 is 0 Å². The third-order valence-corrected chi connectivity index (χ3v) is 1.85. The predicted molar refractivity (Wildman–Crippen MR) is 63.4 cm³/mol. The van der Waals surface area contributed by atoms with Crippen molar-refractivity contribution in [2.45, 2.75) is 38.5 Å². The van der Waals surface area contributed by atoms with Crippen molar-refractivity contribution in [2.75, 3.05) is 0 Å². The number of hydrogen-bond donors (Lipinski definition) is 2. The smallest absolute Gasteiger partial charge is 0.327 e. The van der Waals surface area contributed by atoms with Crippen molar-refractivity contribution in [3.8, 4) is 0 Å². The molecule has 1 aliphatic carbocycles. The van der Waals surface area contributed by atoms with E-state index in [-0.39, 0.29) is 0 Å². The molecule has 2 N–H and O–H groups in total. The first-order chi connectivity index (χ1) is 7.54. The Balaban J connectivity index is 0. The second kappa shape index (κ2) is 13.4. The maximum absolute atomic E-state index is 9.25. The standard InChI is InChI=1S/C6H12.2C3H4O2/c1-2-4-6-5-3-1;2*1-2-3(4)5/h1-6H2;2*2H,1H2,(H,4,5). The first-order valence-corrected chi connectivity index (χ1v) is 5.25. The van der Waals surface area contributed by atoms with Crippen LogP contribution in [0.5, 0.6) is 0 Å². The van der Waals surface area contributed by atoms with Gasteiger partial charge in [0, 0.05) is 12.2 Å². The molecule has 16 heavy (non-hydrogen) atoms. The van der Waals surface area contributed by atoms with Gasteiger partial charge in [-0.25, -0.2) is 9.59 Å². The SMILES string of the molecule is C1CCCCC1.C=CC(=O)O.C=CC(=O)O. The van der Waals surface area contributed by atoms with E-state index in [1.807, 2.05) is 0 Å². The Hall–Kier alpha value is -1.58. The van der Waals surface area contributed by atoms with Crippen LogP contribution in [0.4, 0.5) is 0 Å². The summed E-state index contributed by atoms with van der Waals surface area (Å²) in [6, 6.07) is 0. The van der Waals surface area contributed by atoms with Crippen molar-refractivity contribution in [1.29, 1.82) is 0 Å². The summed E-state index contributed by atoms with van der Waals surface area (Å²) < 4.78 is 0. The van der Waals surface area contributed by atoms with E-state index in [9.17, 15) is 9.59 Å². The molecule has 4 nitrogen and oxygen atoms in total. The molecule has 0 bridgehead atoms. The van der Waals surface area contributed by atoms with Crippen LogP contribution in [0, 0.1) is 0 Å². The summed E-state index contributed by atoms with van der Waals surface area (Å²) in [6.45, 7) is 5.92. The largest absolute Gasteiger partial charge is 0.478 e. The molecule has 0 aromatic carbocycles. The Kier molecular flexibility index (Phi) is 14.1. The topological polar surface area (TPSA) is 74.6 Å². The van der Waals surface area contributed by atoms with Crippen LogP contribution in [0.1, 0.15) is 38.5 Å². The van der Waals surface area contributed by atoms with E-state index in [1.165, 1.54) is 38.5 Å². The third kappa shape index (κ3) is 22.8. The number of hydrogen-bond acceptors (Lipinski definition) is 2. The summed E-state index contributed by atoms with van der Waals surface area (Å²) in [5.74, 6) is -1.96. The van der Waals surface area contributed by atoms with Gasteiger partial charge in [0.1, 0.15) is 0 Å². The van der Waals surface area contributed by atoms with Crippen LogP contribution in [0.3, 0.4) is 0 Å². The monoisotopic (exact) mass is 228 g/mol. The molecular formula is C12H20O4. The molecule has 1 saturated carbocycles. The quantitative estimate of drug-likeness (QED) is 0.712. The molecule has 0 saturated heterocycles. The number of carboxylic acid groups (broad SMARTS) is 2. The van der Waals surface area contributed by atoms with Crippen LogP contribution in [0.15, 0.2) is 25.3 Å². The summed E-state index contributed by atoms with van der Waals surface area (Å²) in [4.78, 5) is 18.5. The van der Waals surface area contributed by atoms with E-state index in [0.717, 1.165) is 12.2 Å². The van der Waals surface area contributed by atoms with Gasteiger partial charge in [0.15, 0.2) is 0 Å². The van der Waals surface area contributed by atoms with Gasteiger partial charge >= 0.3 is 11.9 Å². The van der Waals surface area contributed by atoms with Crippen molar-refractivity contribution in [1.82, 2.24) is 0 Å². The highest BCUT2D eigenvalue weighted by atomic mass is 16.4. The van der Waals surface area contributed by atoms with Gasteiger partial charge in [-0.2, -0.15) is 0 Å².